The molecule has 0 atom stereocenters. The van der Waals surface area contributed by atoms with E-state index in [1.165, 1.54) is 42.6 Å². The second-order valence-electron chi connectivity index (χ2n) is 4.75. The molecule has 2 rings (SSSR count). The molecular formula is C18H15N3O4. The van der Waals surface area contributed by atoms with Crippen LogP contribution in [-0.2, 0) is 0 Å². The standard InChI is InChI=1S/C18H15N3O4/c1-3-6-15(4-2)25-16-9-10-19-17(12-16)20-18(22)13-7-5-8-14(11-13)21(23)24/h3-12H,1-2H2,(H,19,20,22)/b15-6+. The number of anilines is 1. The van der Waals surface area contributed by atoms with Crippen LogP contribution in [0, 0.1) is 10.1 Å². The number of benzene rings is 1. The highest BCUT2D eigenvalue weighted by atomic mass is 16.6. The van der Waals surface area contributed by atoms with E-state index in [2.05, 4.69) is 23.5 Å². The molecule has 0 aliphatic rings. The molecule has 7 nitrogen and oxygen atoms in total. The summed E-state index contributed by atoms with van der Waals surface area (Å²) in [6.45, 7) is 7.21. The molecule has 0 aliphatic carbocycles. The van der Waals surface area contributed by atoms with E-state index in [1.54, 1.807) is 18.2 Å². The number of rotatable bonds is 7. The Morgan fingerprint density at radius 3 is 2.76 bits per heavy atom. The van der Waals surface area contributed by atoms with Gasteiger partial charge in [-0.15, -0.1) is 0 Å². The molecule has 0 fully saturated rings. The Morgan fingerprint density at radius 1 is 1.28 bits per heavy atom. The average molecular weight is 337 g/mol. The van der Waals surface area contributed by atoms with Crippen LogP contribution in [0.5, 0.6) is 5.75 Å². The largest absolute Gasteiger partial charge is 0.457 e. The summed E-state index contributed by atoms with van der Waals surface area (Å²) in [6.07, 6.45) is 6.18. The Hall–Kier alpha value is -3.74. The molecule has 1 aromatic heterocycles. The number of carbonyl (C=O) groups excluding carboxylic acids is 1. The van der Waals surface area contributed by atoms with Crippen LogP contribution in [0.2, 0.25) is 0 Å². The summed E-state index contributed by atoms with van der Waals surface area (Å²) < 4.78 is 5.57. The maximum atomic E-state index is 12.2. The van der Waals surface area contributed by atoms with Crippen LogP contribution < -0.4 is 10.1 Å². The third-order valence-electron chi connectivity index (χ3n) is 3.01. The molecule has 0 bridgehead atoms. The Morgan fingerprint density at radius 2 is 2.08 bits per heavy atom. The van der Waals surface area contributed by atoms with Crippen molar-refractivity contribution in [2.75, 3.05) is 5.32 Å². The van der Waals surface area contributed by atoms with Gasteiger partial charge in [-0.25, -0.2) is 4.98 Å². The minimum atomic E-state index is -0.563. The highest BCUT2D eigenvalue weighted by molar-refractivity contribution is 6.04. The first-order chi connectivity index (χ1) is 12.0. The molecule has 0 saturated carbocycles. The van der Waals surface area contributed by atoms with Gasteiger partial charge in [0.2, 0.25) is 0 Å². The number of nitro groups is 1. The average Bonchev–Trinajstić information content (AvgIpc) is 2.61. The number of amides is 1. The van der Waals surface area contributed by atoms with E-state index in [4.69, 9.17) is 4.74 Å². The van der Waals surface area contributed by atoms with E-state index in [9.17, 15) is 14.9 Å². The molecule has 0 saturated heterocycles. The molecule has 25 heavy (non-hydrogen) atoms. The number of aromatic nitrogens is 1. The Labute approximate surface area is 144 Å². The molecule has 1 heterocycles. The van der Waals surface area contributed by atoms with Crippen LogP contribution in [0.4, 0.5) is 11.5 Å². The summed E-state index contributed by atoms with van der Waals surface area (Å²) in [5, 5.41) is 13.4. The lowest BCUT2D eigenvalue weighted by Crippen LogP contribution is -2.13. The number of nitro benzene ring substituents is 1. The number of hydrogen-bond donors (Lipinski definition) is 1. The van der Waals surface area contributed by atoms with Gasteiger partial charge in [0.05, 0.1) is 4.92 Å². The van der Waals surface area contributed by atoms with Gasteiger partial charge >= 0.3 is 0 Å². The summed E-state index contributed by atoms with van der Waals surface area (Å²) in [7, 11) is 0. The van der Waals surface area contributed by atoms with Crippen LogP contribution in [-0.4, -0.2) is 15.8 Å². The predicted molar refractivity (Wildman–Crippen MR) is 94.4 cm³/mol. The van der Waals surface area contributed by atoms with Crippen LogP contribution in [0.15, 0.2) is 79.7 Å². The normalized spacial score (nSPS) is 10.6. The van der Waals surface area contributed by atoms with E-state index in [1.807, 2.05) is 0 Å². The highest BCUT2D eigenvalue weighted by Crippen LogP contribution is 2.19. The monoisotopic (exact) mass is 337 g/mol. The smallest absolute Gasteiger partial charge is 0.270 e. The van der Waals surface area contributed by atoms with Crippen LogP contribution >= 0.6 is 0 Å². The summed E-state index contributed by atoms with van der Waals surface area (Å²) >= 11 is 0. The number of allylic oxidation sites excluding steroid dienone is 3. The van der Waals surface area contributed by atoms with Crippen molar-refractivity contribution in [3.05, 3.63) is 95.4 Å². The lowest BCUT2D eigenvalue weighted by molar-refractivity contribution is -0.384. The number of ether oxygens (including phenoxy) is 1. The molecule has 1 amide bonds. The molecule has 0 unspecified atom stereocenters. The lowest BCUT2D eigenvalue weighted by Gasteiger charge is -2.08. The van der Waals surface area contributed by atoms with Gasteiger partial charge in [-0.05, 0) is 24.3 Å². The number of non-ortho nitro benzene ring substituents is 1. The van der Waals surface area contributed by atoms with Gasteiger partial charge < -0.3 is 10.1 Å². The van der Waals surface area contributed by atoms with E-state index in [0.717, 1.165) is 0 Å². The maximum absolute atomic E-state index is 12.2. The fourth-order valence-corrected chi connectivity index (χ4v) is 1.89. The maximum Gasteiger partial charge on any atom is 0.270 e. The zero-order valence-electron chi connectivity index (χ0n) is 13.2. The quantitative estimate of drug-likeness (QED) is 0.358. The number of nitrogens with one attached hydrogen (secondary N) is 1. The van der Waals surface area contributed by atoms with Crippen molar-refractivity contribution in [2.45, 2.75) is 0 Å². The van der Waals surface area contributed by atoms with Crippen LogP contribution in [0.25, 0.3) is 0 Å². The third-order valence-corrected chi connectivity index (χ3v) is 3.01. The van der Waals surface area contributed by atoms with Crippen molar-refractivity contribution >= 4 is 17.4 Å². The SMILES string of the molecule is C=C/C=C(\C=C)Oc1ccnc(NC(=O)c2cccc([N+](=O)[O-])c2)c1. The number of nitrogens with zero attached hydrogens (tertiary/aromatic N) is 2. The molecule has 0 radical (unpaired) electrons. The van der Waals surface area contributed by atoms with E-state index in [-0.39, 0.29) is 17.1 Å². The number of carbonyl (C=O) groups is 1. The first kappa shape index (κ1) is 17.6. The van der Waals surface area contributed by atoms with E-state index < -0.39 is 10.8 Å². The van der Waals surface area contributed by atoms with Crippen molar-refractivity contribution in [3.63, 3.8) is 0 Å². The van der Waals surface area contributed by atoms with Crippen LogP contribution in [0.1, 0.15) is 10.4 Å². The molecule has 1 N–H and O–H groups in total. The topological polar surface area (TPSA) is 94.4 Å². The van der Waals surface area contributed by atoms with Crippen molar-refractivity contribution in [3.8, 4) is 5.75 Å². The number of hydrogen-bond acceptors (Lipinski definition) is 5. The van der Waals surface area contributed by atoms with Crippen molar-refractivity contribution in [1.29, 1.82) is 0 Å². The molecule has 7 heteroatoms. The summed E-state index contributed by atoms with van der Waals surface area (Å²) in [4.78, 5) is 26.5. The first-order valence-corrected chi connectivity index (χ1v) is 7.18. The Kier molecular flexibility index (Phi) is 5.78. The molecule has 126 valence electrons. The third kappa shape index (κ3) is 4.87. The van der Waals surface area contributed by atoms with Gasteiger partial charge in [0.15, 0.2) is 0 Å². The fraction of sp³-hybridized carbons (Fsp3) is 0. The van der Waals surface area contributed by atoms with Gasteiger partial charge in [-0.2, -0.15) is 0 Å². The zero-order valence-corrected chi connectivity index (χ0v) is 13.2. The van der Waals surface area contributed by atoms with E-state index >= 15 is 0 Å². The minimum Gasteiger partial charge on any atom is -0.457 e. The van der Waals surface area contributed by atoms with Gasteiger partial charge in [-0.1, -0.05) is 25.3 Å². The zero-order chi connectivity index (χ0) is 18.2. The van der Waals surface area contributed by atoms with Gasteiger partial charge in [0.1, 0.15) is 17.3 Å². The number of pyridine rings is 1. The lowest BCUT2D eigenvalue weighted by atomic mass is 10.2. The Balaban J connectivity index is 2.16. The van der Waals surface area contributed by atoms with Crippen LogP contribution in [0.3, 0.4) is 0 Å². The molecule has 2 aromatic rings. The van der Waals surface area contributed by atoms with E-state index in [0.29, 0.717) is 11.5 Å². The fourth-order valence-electron chi connectivity index (χ4n) is 1.89. The second-order valence-corrected chi connectivity index (χ2v) is 4.75. The van der Waals surface area contributed by atoms with Crippen molar-refractivity contribution in [1.82, 2.24) is 4.98 Å². The minimum absolute atomic E-state index is 0.153. The summed E-state index contributed by atoms with van der Waals surface area (Å²) in [5.74, 6) is 0.657. The van der Waals surface area contributed by atoms with Gasteiger partial charge in [0.25, 0.3) is 11.6 Å². The van der Waals surface area contributed by atoms with Crippen molar-refractivity contribution in [2.24, 2.45) is 0 Å². The Bertz CT molecular complexity index is 859. The summed E-state index contributed by atoms with van der Waals surface area (Å²) in [6, 6.07) is 8.56. The molecule has 0 aliphatic heterocycles. The molecule has 1 aromatic carbocycles. The highest BCUT2D eigenvalue weighted by Gasteiger charge is 2.12. The van der Waals surface area contributed by atoms with Crippen molar-refractivity contribution < 1.29 is 14.5 Å². The first-order valence-electron chi connectivity index (χ1n) is 7.18. The summed E-state index contributed by atoms with van der Waals surface area (Å²) in [5.41, 5.74) is -0.0106. The van der Waals surface area contributed by atoms with Gasteiger partial charge in [-0.3, -0.25) is 14.9 Å². The molecular weight excluding hydrogens is 322 g/mol. The predicted octanol–water partition coefficient (Wildman–Crippen LogP) is 3.88. The molecule has 0 spiro atoms. The second kappa shape index (κ2) is 8.21. The van der Waals surface area contributed by atoms with Gasteiger partial charge in [0, 0.05) is 30.0 Å².